The second-order valence-corrected chi connectivity index (χ2v) is 4.64. The Morgan fingerprint density at radius 3 is 2.75 bits per heavy atom. The average molecular weight is 262 g/mol. The van der Waals surface area contributed by atoms with E-state index in [0.717, 1.165) is 18.5 Å². The molecule has 0 aliphatic rings. The van der Waals surface area contributed by atoms with Crippen LogP contribution in [-0.2, 0) is 6.42 Å². The number of halogens is 2. The molecule has 0 heterocycles. The SMILES string of the molecule is CCCNCC(O)Cc1ccc(Cl)cc1Cl. The van der Waals surface area contributed by atoms with Crippen LogP contribution >= 0.6 is 23.2 Å². The monoisotopic (exact) mass is 261 g/mol. The van der Waals surface area contributed by atoms with Crippen molar-refractivity contribution in [3.8, 4) is 0 Å². The minimum atomic E-state index is -0.412. The van der Waals surface area contributed by atoms with Crippen LogP contribution in [0.3, 0.4) is 0 Å². The first kappa shape index (κ1) is 13.8. The van der Waals surface area contributed by atoms with Crippen molar-refractivity contribution in [3.63, 3.8) is 0 Å². The van der Waals surface area contributed by atoms with Gasteiger partial charge in [0.05, 0.1) is 6.10 Å². The first-order valence-corrected chi connectivity index (χ1v) is 6.21. The van der Waals surface area contributed by atoms with E-state index in [1.54, 1.807) is 12.1 Å². The van der Waals surface area contributed by atoms with Gasteiger partial charge in [-0.2, -0.15) is 0 Å². The van der Waals surface area contributed by atoms with Crippen molar-refractivity contribution in [2.45, 2.75) is 25.9 Å². The third kappa shape index (κ3) is 4.71. The van der Waals surface area contributed by atoms with Crippen LogP contribution in [0.1, 0.15) is 18.9 Å². The van der Waals surface area contributed by atoms with E-state index in [2.05, 4.69) is 12.2 Å². The lowest BCUT2D eigenvalue weighted by Crippen LogP contribution is -2.28. The largest absolute Gasteiger partial charge is 0.391 e. The lowest BCUT2D eigenvalue weighted by atomic mass is 10.1. The molecule has 1 atom stereocenters. The molecular weight excluding hydrogens is 245 g/mol. The summed E-state index contributed by atoms with van der Waals surface area (Å²) in [6.45, 7) is 3.60. The third-order valence-electron chi connectivity index (χ3n) is 2.28. The average Bonchev–Trinajstić information content (AvgIpc) is 2.23. The highest BCUT2D eigenvalue weighted by molar-refractivity contribution is 6.35. The highest BCUT2D eigenvalue weighted by Gasteiger charge is 2.08. The highest BCUT2D eigenvalue weighted by atomic mass is 35.5. The Morgan fingerprint density at radius 1 is 1.38 bits per heavy atom. The maximum absolute atomic E-state index is 9.77. The Labute approximate surface area is 107 Å². The van der Waals surface area contributed by atoms with E-state index in [0.29, 0.717) is 23.0 Å². The van der Waals surface area contributed by atoms with E-state index in [4.69, 9.17) is 23.2 Å². The van der Waals surface area contributed by atoms with Crippen molar-refractivity contribution in [3.05, 3.63) is 33.8 Å². The zero-order chi connectivity index (χ0) is 12.0. The van der Waals surface area contributed by atoms with E-state index in [1.165, 1.54) is 0 Å². The summed E-state index contributed by atoms with van der Waals surface area (Å²) in [7, 11) is 0. The van der Waals surface area contributed by atoms with Crippen LogP contribution in [0.15, 0.2) is 18.2 Å². The smallest absolute Gasteiger partial charge is 0.0705 e. The molecule has 0 fully saturated rings. The van der Waals surface area contributed by atoms with Crippen LogP contribution in [0, 0.1) is 0 Å². The van der Waals surface area contributed by atoms with Gasteiger partial charge in [-0.15, -0.1) is 0 Å². The highest BCUT2D eigenvalue weighted by Crippen LogP contribution is 2.21. The van der Waals surface area contributed by atoms with Crippen molar-refractivity contribution in [1.82, 2.24) is 5.32 Å². The van der Waals surface area contributed by atoms with Crippen LogP contribution in [0.5, 0.6) is 0 Å². The number of rotatable bonds is 6. The molecule has 2 N–H and O–H groups in total. The molecule has 0 aliphatic carbocycles. The van der Waals surface area contributed by atoms with Gasteiger partial charge in [-0.25, -0.2) is 0 Å². The summed E-state index contributed by atoms with van der Waals surface area (Å²) in [5.41, 5.74) is 0.928. The first-order valence-electron chi connectivity index (χ1n) is 5.46. The predicted molar refractivity (Wildman–Crippen MR) is 69.3 cm³/mol. The zero-order valence-electron chi connectivity index (χ0n) is 9.34. The van der Waals surface area contributed by atoms with Gasteiger partial charge in [-0.3, -0.25) is 0 Å². The first-order chi connectivity index (χ1) is 7.63. The summed E-state index contributed by atoms with van der Waals surface area (Å²) in [6, 6.07) is 5.34. The topological polar surface area (TPSA) is 32.3 Å². The molecule has 1 aromatic carbocycles. The quantitative estimate of drug-likeness (QED) is 0.772. The third-order valence-corrected chi connectivity index (χ3v) is 2.86. The molecule has 1 unspecified atom stereocenters. The van der Waals surface area contributed by atoms with Crippen LogP contribution < -0.4 is 5.32 Å². The molecule has 0 aliphatic heterocycles. The van der Waals surface area contributed by atoms with Crippen molar-refractivity contribution >= 4 is 23.2 Å². The van der Waals surface area contributed by atoms with Gasteiger partial charge in [0.2, 0.25) is 0 Å². The number of hydrogen-bond acceptors (Lipinski definition) is 2. The van der Waals surface area contributed by atoms with Gasteiger partial charge >= 0.3 is 0 Å². The maximum atomic E-state index is 9.77. The van der Waals surface area contributed by atoms with E-state index >= 15 is 0 Å². The van der Waals surface area contributed by atoms with Gasteiger partial charge in [0.25, 0.3) is 0 Å². The summed E-state index contributed by atoms with van der Waals surface area (Å²) < 4.78 is 0. The molecule has 0 radical (unpaired) electrons. The number of hydrogen-bond donors (Lipinski definition) is 2. The lowest BCUT2D eigenvalue weighted by molar-refractivity contribution is 0.172. The summed E-state index contributed by atoms with van der Waals surface area (Å²) >= 11 is 11.8. The summed E-state index contributed by atoms with van der Waals surface area (Å²) in [4.78, 5) is 0. The summed E-state index contributed by atoms with van der Waals surface area (Å²) in [5.74, 6) is 0. The van der Waals surface area contributed by atoms with Crippen LogP contribution in [0.25, 0.3) is 0 Å². The van der Waals surface area contributed by atoms with Crippen LogP contribution in [-0.4, -0.2) is 24.3 Å². The Kier molecular flexibility index (Phi) is 6.14. The number of benzene rings is 1. The maximum Gasteiger partial charge on any atom is 0.0705 e. The van der Waals surface area contributed by atoms with Gasteiger partial charge in [0.15, 0.2) is 0 Å². The molecule has 0 spiro atoms. The van der Waals surface area contributed by atoms with Crippen molar-refractivity contribution in [2.75, 3.05) is 13.1 Å². The second kappa shape index (κ2) is 7.13. The number of aliphatic hydroxyl groups is 1. The summed E-state index contributed by atoms with van der Waals surface area (Å²) in [5, 5.41) is 14.2. The zero-order valence-corrected chi connectivity index (χ0v) is 10.9. The molecule has 0 amide bonds. The normalized spacial score (nSPS) is 12.8. The molecular formula is C12H17Cl2NO. The molecule has 16 heavy (non-hydrogen) atoms. The Balaban J connectivity index is 2.46. The summed E-state index contributed by atoms with van der Waals surface area (Å²) in [6.07, 6.45) is 1.20. The predicted octanol–water partition coefficient (Wildman–Crippen LogP) is 2.90. The van der Waals surface area contributed by atoms with E-state index < -0.39 is 6.10 Å². The number of aliphatic hydroxyl groups excluding tert-OH is 1. The minimum Gasteiger partial charge on any atom is -0.391 e. The molecule has 0 aromatic heterocycles. The lowest BCUT2D eigenvalue weighted by Gasteiger charge is -2.12. The fourth-order valence-electron chi connectivity index (χ4n) is 1.46. The van der Waals surface area contributed by atoms with Crippen LogP contribution in [0.2, 0.25) is 10.0 Å². The van der Waals surface area contributed by atoms with Gasteiger partial charge in [0.1, 0.15) is 0 Å². The van der Waals surface area contributed by atoms with Gasteiger partial charge in [-0.1, -0.05) is 36.2 Å². The standard InChI is InChI=1S/C12H17Cl2NO/c1-2-5-15-8-11(16)6-9-3-4-10(13)7-12(9)14/h3-4,7,11,15-16H,2,5-6,8H2,1H3. The van der Waals surface area contributed by atoms with E-state index in [9.17, 15) is 5.11 Å². The Bertz CT molecular complexity index is 331. The molecule has 0 saturated heterocycles. The molecule has 90 valence electrons. The minimum absolute atomic E-state index is 0.412. The fraction of sp³-hybridized carbons (Fsp3) is 0.500. The van der Waals surface area contributed by atoms with Gasteiger partial charge in [-0.05, 0) is 30.7 Å². The fourth-order valence-corrected chi connectivity index (χ4v) is 1.94. The molecule has 0 saturated carbocycles. The molecule has 1 aromatic rings. The van der Waals surface area contributed by atoms with E-state index in [1.807, 2.05) is 6.07 Å². The Hall–Kier alpha value is -0.280. The second-order valence-electron chi connectivity index (χ2n) is 3.80. The Morgan fingerprint density at radius 2 is 2.12 bits per heavy atom. The molecule has 4 heteroatoms. The van der Waals surface area contributed by atoms with Crippen LogP contribution in [0.4, 0.5) is 0 Å². The number of nitrogens with one attached hydrogen (secondary N) is 1. The van der Waals surface area contributed by atoms with Crippen molar-refractivity contribution < 1.29 is 5.11 Å². The van der Waals surface area contributed by atoms with Gasteiger partial charge in [0, 0.05) is 23.0 Å². The van der Waals surface area contributed by atoms with E-state index in [-0.39, 0.29) is 0 Å². The van der Waals surface area contributed by atoms with Crippen molar-refractivity contribution in [1.29, 1.82) is 0 Å². The molecule has 0 bridgehead atoms. The van der Waals surface area contributed by atoms with Gasteiger partial charge < -0.3 is 10.4 Å². The molecule has 2 nitrogen and oxygen atoms in total. The van der Waals surface area contributed by atoms with Crippen molar-refractivity contribution in [2.24, 2.45) is 0 Å². The molecule has 1 rings (SSSR count).